The van der Waals surface area contributed by atoms with E-state index in [9.17, 15) is 22.8 Å². The van der Waals surface area contributed by atoms with Crippen molar-refractivity contribution in [3.8, 4) is 0 Å². The fraction of sp³-hybridized carbons (Fsp3) is 0.429. The molecule has 0 aliphatic carbocycles. The van der Waals surface area contributed by atoms with E-state index in [1.165, 1.54) is 0 Å². The third-order valence-corrected chi connectivity index (χ3v) is 1.19. The van der Waals surface area contributed by atoms with Gasteiger partial charge in [0.1, 0.15) is 0 Å². The van der Waals surface area contributed by atoms with Crippen molar-refractivity contribution >= 4 is 11.9 Å². The summed E-state index contributed by atoms with van der Waals surface area (Å²) in [4.78, 5) is 20.2. The highest BCUT2D eigenvalue weighted by molar-refractivity contribution is 5.87. The van der Waals surface area contributed by atoms with Crippen LogP contribution in [0.25, 0.3) is 0 Å². The maximum atomic E-state index is 11.7. The first-order valence-corrected chi connectivity index (χ1v) is 3.43. The molecule has 0 heterocycles. The zero-order chi connectivity index (χ0) is 11.4. The number of hydrogen-bond acceptors (Lipinski definition) is 2. The molecule has 0 unspecified atom stereocenters. The van der Waals surface area contributed by atoms with Gasteiger partial charge >= 0.3 is 18.1 Å². The molecule has 0 spiro atoms. The van der Waals surface area contributed by atoms with E-state index in [1.54, 1.807) is 0 Å². The van der Waals surface area contributed by atoms with Gasteiger partial charge in [0.2, 0.25) is 0 Å². The summed E-state index contributed by atoms with van der Waals surface area (Å²) in [5.41, 5.74) is -0.958. The summed E-state index contributed by atoms with van der Waals surface area (Å²) in [5, 5.41) is 16.4. The zero-order valence-electron chi connectivity index (χ0n) is 6.84. The molecule has 0 bridgehead atoms. The highest BCUT2D eigenvalue weighted by atomic mass is 19.4. The number of halogens is 3. The average molecular weight is 212 g/mol. The molecule has 2 N–H and O–H groups in total. The van der Waals surface area contributed by atoms with Gasteiger partial charge < -0.3 is 10.2 Å². The summed E-state index contributed by atoms with van der Waals surface area (Å²) < 4.78 is 35.2. The lowest BCUT2D eigenvalue weighted by Gasteiger charge is -2.05. The lowest BCUT2D eigenvalue weighted by molar-refractivity contribution is -0.143. The highest BCUT2D eigenvalue weighted by Gasteiger charge is 2.31. The maximum absolute atomic E-state index is 11.7. The first-order valence-electron chi connectivity index (χ1n) is 3.43. The van der Waals surface area contributed by atoms with Crippen LogP contribution in [0, 0.1) is 0 Å². The van der Waals surface area contributed by atoms with E-state index in [0.717, 1.165) is 0 Å². The van der Waals surface area contributed by atoms with Crippen molar-refractivity contribution in [2.75, 3.05) is 0 Å². The van der Waals surface area contributed by atoms with E-state index in [-0.39, 0.29) is 0 Å². The van der Waals surface area contributed by atoms with E-state index < -0.39 is 36.5 Å². The number of carboxylic acid groups (broad SMARTS) is 2. The smallest absolute Gasteiger partial charge is 0.393 e. The van der Waals surface area contributed by atoms with Crippen molar-refractivity contribution < 1.29 is 33.0 Å². The van der Waals surface area contributed by atoms with Crippen LogP contribution in [-0.4, -0.2) is 28.3 Å². The molecule has 4 nitrogen and oxygen atoms in total. The predicted octanol–water partition coefficient (Wildman–Crippen LogP) is 1.42. The molecule has 0 aromatic heterocycles. The van der Waals surface area contributed by atoms with Gasteiger partial charge in [0.05, 0.1) is 12.8 Å². The van der Waals surface area contributed by atoms with Crippen molar-refractivity contribution in [3.63, 3.8) is 0 Å². The van der Waals surface area contributed by atoms with Crippen LogP contribution in [0.15, 0.2) is 11.6 Å². The van der Waals surface area contributed by atoms with Crippen LogP contribution in [-0.2, 0) is 9.59 Å². The molecular formula is C7H7F3O4. The topological polar surface area (TPSA) is 74.6 Å². The Morgan fingerprint density at radius 3 is 2.00 bits per heavy atom. The molecule has 0 aliphatic rings. The summed E-state index contributed by atoms with van der Waals surface area (Å²) in [6.07, 6.45) is -6.48. The van der Waals surface area contributed by atoms with Crippen LogP contribution in [0.5, 0.6) is 0 Å². The fourth-order valence-electron chi connectivity index (χ4n) is 0.662. The zero-order valence-corrected chi connectivity index (χ0v) is 6.84. The normalized spacial score (nSPS) is 12.6. The number of hydrogen-bond donors (Lipinski definition) is 2. The van der Waals surface area contributed by atoms with E-state index in [0.29, 0.717) is 6.08 Å². The first-order chi connectivity index (χ1) is 6.22. The van der Waals surface area contributed by atoms with Crippen molar-refractivity contribution in [1.82, 2.24) is 0 Å². The summed E-state index contributed by atoms with van der Waals surface area (Å²) in [7, 11) is 0. The standard InChI is InChI=1S/C7H7F3O4/c8-7(9,10)3-4(6(13)14)1-2-5(11)12/h1H,2-3H2,(H,11,12)(H,13,14)/b4-1-. The third kappa shape index (κ3) is 6.04. The highest BCUT2D eigenvalue weighted by Crippen LogP contribution is 2.24. The molecule has 14 heavy (non-hydrogen) atoms. The van der Waals surface area contributed by atoms with E-state index in [2.05, 4.69) is 0 Å². The second kappa shape index (κ2) is 4.64. The van der Waals surface area contributed by atoms with Crippen LogP contribution in [0.2, 0.25) is 0 Å². The van der Waals surface area contributed by atoms with Gasteiger partial charge in [-0.1, -0.05) is 6.08 Å². The summed E-state index contributed by atoms with van der Waals surface area (Å²) >= 11 is 0. The second-order valence-electron chi connectivity index (χ2n) is 2.42. The minimum Gasteiger partial charge on any atom is -0.481 e. The molecule has 0 aromatic carbocycles. The van der Waals surface area contributed by atoms with Gasteiger partial charge in [-0.2, -0.15) is 13.2 Å². The van der Waals surface area contributed by atoms with Crippen molar-refractivity contribution in [2.24, 2.45) is 0 Å². The molecule has 0 rings (SSSR count). The van der Waals surface area contributed by atoms with E-state index >= 15 is 0 Å². The summed E-state index contributed by atoms with van der Waals surface area (Å²) in [6, 6.07) is 0. The summed E-state index contributed by atoms with van der Waals surface area (Å²) in [5.74, 6) is -3.14. The largest absolute Gasteiger partial charge is 0.481 e. The third-order valence-electron chi connectivity index (χ3n) is 1.19. The molecule has 0 saturated carbocycles. The van der Waals surface area contributed by atoms with Crippen LogP contribution in [0.3, 0.4) is 0 Å². The van der Waals surface area contributed by atoms with E-state index in [1.807, 2.05) is 0 Å². The van der Waals surface area contributed by atoms with Gasteiger partial charge in [0.15, 0.2) is 0 Å². The Balaban J connectivity index is 4.53. The quantitative estimate of drug-likeness (QED) is 0.691. The monoisotopic (exact) mass is 212 g/mol. The lowest BCUT2D eigenvalue weighted by atomic mass is 10.1. The Bertz CT molecular complexity index is 267. The Kier molecular flexibility index (Phi) is 4.13. The molecule has 0 fully saturated rings. The molecule has 0 aliphatic heterocycles. The minimum atomic E-state index is -4.65. The van der Waals surface area contributed by atoms with Crippen molar-refractivity contribution in [1.29, 1.82) is 0 Å². The molecular weight excluding hydrogens is 205 g/mol. The number of carbonyl (C=O) groups is 2. The molecule has 0 aromatic rings. The molecule has 0 amide bonds. The van der Waals surface area contributed by atoms with Gasteiger partial charge in [-0.05, 0) is 0 Å². The summed E-state index contributed by atoms with van der Waals surface area (Å²) in [6.45, 7) is 0. The van der Waals surface area contributed by atoms with Gasteiger partial charge in [0.25, 0.3) is 0 Å². The number of aliphatic carboxylic acids is 2. The number of rotatable bonds is 4. The van der Waals surface area contributed by atoms with Crippen molar-refractivity contribution in [3.05, 3.63) is 11.6 Å². The van der Waals surface area contributed by atoms with Crippen molar-refractivity contribution in [2.45, 2.75) is 19.0 Å². The molecule has 80 valence electrons. The fourth-order valence-corrected chi connectivity index (χ4v) is 0.662. The Labute approximate surface area is 76.6 Å². The van der Waals surface area contributed by atoms with Gasteiger partial charge in [-0.3, -0.25) is 4.79 Å². The van der Waals surface area contributed by atoms with E-state index in [4.69, 9.17) is 10.2 Å². The Hall–Kier alpha value is -1.53. The van der Waals surface area contributed by atoms with Crippen LogP contribution < -0.4 is 0 Å². The Morgan fingerprint density at radius 1 is 1.21 bits per heavy atom. The SMILES string of the molecule is O=C(O)C/C=C(/CC(F)(F)F)C(=O)O. The van der Waals surface area contributed by atoms with Crippen LogP contribution in [0.1, 0.15) is 12.8 Å². The van der Waals surface area contributed by atoms with Gasteiger partial charge in [-0.25, -0.2) is 4.79 Å². The Morgan fingerprint density at radius 2 is 1.71 bits per heavy atom. The second-order valence-corrected chi connectivity index (χ2v) is 2.42. The molecule has 0 saturated heterocycles. The number of carboxylic acids is 2. The predicted molar refractivity (Wildman–Crippen MR) is 38.6 cm³/mol. The molecule has 0 radical (unpaired) electrons. The maximum Gasteiger partial charge on any atom is 0.393 e. The number of alkyl halides is 3. The average Bonchev–Trinajstić information content (AvgIpc) is 1.94. The minimum absolute atomic E-state index is 0.540. The van der Waals surface area contributed by atoms with Gasteiger partial charge in [-0.15, -0.1) is 0 Å². The van der Waals surface area contributed by atoms with Gasteiger partial charge in [0, 0.05) is 5.57 Å². The lowest BCUT2D eigenvalue weighted by Crippen LogP contribution is -2.14. The molecule has 7 heteroatoms. The molecule has 0 atom stereocenters. The first kappa shape index (κ1) is 12.5. The van der Waals surface area contributed by atoms with Crippen LogP contribution >= 0.6 is 0 Å². The van der Waals surface area contributed by atoms with Crippen LogP contribution in [0.4, 0.5) is 13.2 Å².